The molecule has 1 saturated carbocycles. The molecule has 1 aliphatic carbocycles. The Morgan fingerprint density at radius 2 is 2.00 bits per heavy atom. The van der Waals surface area contributed by atoms with E-state index >= 15 is 0 Å². The van der Waals surface area contributed by atoms with Crippen molar-refractivity contribution in [2.24, 2.45) is 0 Å². The molecular weight excluding hydrogens is 200 g/mol. The van der Waals surface area contributed by atoms with Crippen LogP contribution >= 0.6 is 0 Å². The van der Waals surface area contributed by atoms with Crippen molar-refractivity contribution in [1.29, 1.82) is 5.26 Å². The fraction of sp³-hybridized carbons (Fsp3) is 0.692. The van der Waals surface area contributed by atoms with Crippen LogP contribution in [0.2, 0.25) is 0 Å². The van der Waals surface area contributed by atoms with Crippen LogP contribution in [-0.4, -0.2) is 11.9 Å². The van der Waals surface area contributed by atoms with E-state index in [0.717, 1.165) is 24.8 Å². The van der Waals surface area contributed by atoms with Gasteiger partial charge in [-0.05, 0) is 26.2 Å². The molecule has 1 fully saturated rings. The Kier molecular flexibility index (Phi) is 5.04. The zero-order valence-corrected chi connectivity index (χ0v) is 10.2. The van der Waals surface area contributed by atoms with Gasteiger partial charge in [0.25, 0.3) is 5.91 Å². The molecule has 0 heterocycles. The summed E-state index contributed by atoms with van der Waals surface area (Å²) in [7, 11) is 0. The van der Waals surface area contributed by atoms with Gasteiger partial charge >= 0.3 is 0 Å². The van der Waals surface area contributed by atoms with E-state index in [1.807, 2.05) is 19.9 Å². The number of allylic oxidation sites excluding steroid dienone is 1. The largest absolute Gasteiger partial charge is 0.349 e. The lowest BCUT2D eigenvalue weighted by molar-refractivity contribution is -0.118. The van der Waals surface area contributed by atoms with Crippen molar-refractivity contribution in [2.45, 2.75) is 58.4 Å². The van der Waals surface area contributed by atoms with Crippen LogP contribution in [0.15, 0.2) is 11.1 Å². The van der Waals surface area contributed by atoms with Crippen LogP contribution in [0.4, 0.5) is 0 Å². The van der Waals surface area contributed by atoms with Gasteiger partial charge in [0, 0.05) is 6.04 Å². The van der Waals surface area contributed by atoms with E-state index in [2.05, 4.69) is 5.32 Å². The van der Waals surface area contributed by atoms with Gasteiger partial charge in [0.2, 0.25) is 0 Å². The molecule has 0 unspecified atom stereocenters. The van der Waals surface area contributed by atoms with Gasteiger partial charge in [-0.3, -0.25) is 4.79 Å². The molecule has 3 nitrogen and oxygen atoms in total. The van der Waals surface area contributed by atoms with E-state index in [4.69, 9.17) is 5.26 Å². The van der Waals surface area contributed by atoms with Crippen LogP contribution in [0, 0.1) is 11.3 Å². The molecule has 0 aromatic heterocycles. The molecule has 16 heavy (non-hydrogen) atoms. The number of carbonyl (C=O) groups excluding carboxylic acids is 1. The summed E-state index contributed by atoms with van der Waals surface area (Å²) >= 11 is 0. The molecule has 1 N–H and O–H groups in total. The fourth-order valence-corrected chi connectivity index (χ4v) is 2.02. The Hall–Kier alpha value is -1.30. The Balaban J connectivity index is 2.60. The Labute approximate surface area is 97.5 Å². The molecule has 0 spiro atoms. The number of hydrogen-bond donors (Lipinski definition) is 1. The first kappa shape index (κ1) is 12.8. The number of rotatable bonds is 3. The van der Waals surface area contributed by atoms with E-state index in [-0.39, 0.29) is 11.9 Å². The highest BCUT2D eigenvalue weighted by Crippen LogP contribution is 2.18. The second-order valence-electron chi connectivity index (χ2n) is 4.43. The van der Waals surface area contributed by atoms with Crippen LogP contribution in [0.1, 0.15) is 52.4 Å². The molecule has 0 bridgehead atoms. The van der Waals surface area contributed by atoms with E-state index in [1.54, 1.807) is 0 Å². The maximum atomic E-state index is 11.9. The maximum Gasteiger partial charge on any atom is 0.262 e. The molecule has 3 heteroatoms. The van der Waals surface area contributed by atoms with Gasteiger partial charge in [-0.15, -0.1) is 0 Å². The number of amides is 1. The second kappa shape index (κ2) is 6.32. The van der Waals surface area contributed by atoms with Gasteiger partial charge in [0.05, 0.1) is 0 Å². The topological polar surface area (TPSA) is 52.9 Å². The zero-order chi connectivity index (χ0) is 12.0. The molecule has 0 saturated heterocycles. The molecule has 1 aliphatic rings. The van der Waals surface area contributed by atoms with Crippen LogP contribution in [0.3, 0.4) is 0 Å². The molecule has 88 valence electrons. The fourth-order valence-electron chi connectivity index (χ4n) is 2.02. The van der Waals surface area contributed by atoms with Gasteiger partial charge < -0.3 is 5.32 Å². The zero-order valence-electron chi connectivity index (χ0n) is 10.2. The summed E-state index contributed by atoms with van der Waals surface area (Å²) < 4.78 is 0. The normalized spacial score (nSPS) is 18.6. The predicted octanol–water partition coefficient (Wildman–Crippen LogP) is 2.69. The van der Waals surface area contributed by atoms with E-state index in [1.165, 1.54) is 19.3 Å². The Bertz CT molecular complexity index is 319. The van der Waals surface area contributed by atoms with Crippen molar-refractivity contribution in [2.75, 3.05) is 0 Å². The number of carbonyl (C=O) groups is 1. The number of nitrogens with zero attached hydrogens (tertiary/aromatic N) is 1. The minimum atomic E-state index is -0.186. The summed E-state index contributed by atoms with van der Waals surface area (Å²) in [6.45, 7) is 3.81. The summed E-state index contributed by atoms with van der Waals surface area (Å²) in [5.74, 6) is -0.186. The standard InChI is InChI=1S/C13H20N2O/c1-3-10(2)12(9-14)13(16)15-11-7-5-4-6-8-11/h11H,3-8H2,1-2H3,(H,15,16)/b12-10+. The van der Waals surface area contributed by atoms with Gasteiger partial charge in [0.15, 0.2) is 0 Å². The van der Waals surface area contributed by atoms with Crippen LogP contribution in [0.25, 0.3) is 0 Å². The Morgan fingerprint density at radius 3 is 2.50 bits per heavy atom. The number of nitriles is 1. The summed E-state index contributed by atoms with van der Waals surface area (Å²) in [5, 5.41) is 11.9. The first-order valence-electron chi connectivity index (χ1n) is 6.09. The van der Waals surface area contributed by atoms with Crippen molar-refractivity contribution in [1.82, 2.24) is 5.32 Å². The van der Waals surface area contributed by atoms with E-state index in [9.17, 15) is 4.79 Å². The van der Waals surface area contributed by atoms with Gasteiger partial charge in [-0.2, -0.15) is 5.26 Å². The summed E-state index contributed by atoms with van der Waals surface area (Å²) in [5.41, 5.74) is 1.17. The van der Waals surface area contributed by atoms with Crippen molar-refractivity contribution in [3.05, 3.63) is 11.1 Å². The highest BCUT2D eigenvalue weighted by molar-refractivity contribution is 5.98. The molecule has 0 aliphatic heterocycles. The molecule has 0 atom stereocenters. The first-order valence-corrected chi connectivity index (χ1v) is 6.09. The van der Waals surface area contributed by atoms with Crippen LogP contribution < -0.4 is 5.32 Å². The van der Waals surface area contributed by atoms with Crippen molar-refractivity contribution >= 4 is 5.91 Å². The lowest BCUT2D eigenvalue weighted by Gasteiger charge is -2.22. The third kappa shape index (κ3) is 3.37. The minimum Gasteiger partial charge on any atom is -0.349 e. The lowest BCUT2D eigenvalue weighted by atomic mass is 9.95. The predicted molar refractivity (Wildman–Crippen MR) is 63.6 cm³/mol. The minimum absolute atomic E-state index is 0.186. The quantitative estimate of drug-likeness (QED) is 0.587. The smallest absolute Gasteiger partial charge is 0.262 e. The summed E-state index contributed by atoms with van der Waals surface area (Å²) in [6, 6.07) is 2.28. The molecule has 1 rings (SSSR count). The summed E-state index contributed by atoms with van der Waals surface area (Å²) in [6.07, 6.45) is 6.49. The molecule has 0 aromatic carbocycles. The average molecular weight is 220 g/mol. The van der Waals surface area contributed by atoms with Gasteiger partial charge in [-0.25, -0.2) is 0 Å². The monoisotopic (exact) mass is 220 g/mol. The average Bonchev–Trinajstić information content (AvgIpc) is 2.31. The van der Waals surface area contributed by atoms with E-state index < -0.39 is 0 Å². The maximum absolute atomic E-state index is 11.9. The highest BCUT2D eigenvalue weighted by atomic mass is 16.1. The number of hydrogen-bond acceptors (Lipinski definition) is 2. The van der Waals surface area contributed by atoms with Gasteiger partial charge in [0.1, 0.15) is 11.6 Å². The summed E-state index contributed by atoms with van der Waals surface area (Å²) in [4.78, 5) is 11.9. The SMILES string of the molecule is CC/C(C)=C(\C#N)C(=O)NC1CCCCC1. The highest BCUT2D eigenvalue weighted by Gasteiger charge is 2.18. The molecule has 0 aromatic rings. The third-order valence-corrected chi connectivity index (χ3v) is 3.24. The Morgan fingerprint density at radius 1 is 1.38 bits per heavy atom. The molecular formula is C13H20N2O. The van der Waals surface area contributed by atoms with Gasteiger partial charge in [-0.1, -0.05) is 31.8 Å². The lowest BCUT2D eigenvalue weighted by Crippen LogP contribution is -2.37. The third-order valence-electron chi connectivity index (χ3n) is 3.24. The van der Waals surface area contributed by atoms with Crippen molar-refractivity contribution in [3.8, 4) is 6.07 Å². The first-order chi connectivity index (χ1) is 7.69. The van der Waals surface area contributed by atoms with Crippen molar-refractivity contribution < 1.29 is 4.79 Å². The molecule has 1 amide bonds. The number of nitrogens with one attached hydrogen (secondary N) is 1. The van der Waals surface area contributed by atoms with Crippen molar-refractivity contribution in [3.63, 3.8) is 0 Å². The molecule has 0 radical (unpaired) electrons. The second-order valence-corrected chi connectivity index (χ2v) is 4.43. The van der Waals surface area contributed by atoms with Crippen LogP contribution in [0.5, 0.6) is 0 Å². The van der Waals surface area contributed by atoms with E-state index in [0.29, 0.717) is 5.57 Å². The van der Waals surface area contributed by atoms with Crippen LogP contribution in [-0.2, 0) is 4.79 Å².